The van der Waals surface area contributed by atoms with Crippen LogP contribution in [0.1, 0.15) is 53.0 Å². The molecule has 0 radical (unpaired) electrons. The summed E-state index contributed by atoms with van der Waals surface area (Å²) in [4.78, 5) is 24.3. The Morgan fingerprint density at radius 3 is 2.64 bits per heavy atom. The van der Waals surface area contributed by atoms with Gasteiger partial charge in [-0.25, -0.2) is 4.79 Å². The van der Waals surface area contributed by atoms with E-state index in [0.29, 0.717) is 17.8 Å². The van der Waals surface area contributed by atoms with Crippen LogP contribution in [0, 0.1) is 17.8 Å². The average molecular weight is 305 g/mol. The van der Waals surface area contributed by atoms with Crippen molar-refractivity contribution in [2.45, 2.75) is 59.1 Å². The van der Waals surface area contributed by atoms with Gasteiger partial charge in [0.15, 0.2) is 0 Å². The molecule has 4 heteroatoms. The van der Waals surface area contributed by atoms with Crippen LogP contribution in [-0.2, 0) is 9.53 Å². The fourth-order valence-corrected chi connectivity index (χ4v) is 3.37. The van der Waals surface area contributed by atoms with Crippen molar-refractivity contribution in [1.82, 2.24) is 4.57 Å². The minimum atomic E-state index is -0.584. The zero-order valence-corrected chi connectivity index (χ0v) is 14.0. The lowest BCUT2D eigenvalue weighted by Crippen LogP contribution is -2.38. The number of aromatic nitrogens is 1. The summed E-state index contributed by atoms with van der Waals surface area (Å²) in [6, 6.07) is 4.31. The van der Waals surface area contributed by atoms with E-state index < -0.39 is 6.04 Å². The van der Waals surface area contributed by atoms with Gasteiger partial charge in [0, 0.05) is 12.3 Å². The molecule has 0 bridgehead atoms. The molecule has 0 aliphatic heterocycles. The maximum absolute atomic E-state index is 12.5. The Bertz CT molecular complexity index is 563. The van der Waals surface area contributed by atoms with E-state index in [0.717, 1.165) is 12.8 Å². The maximum Gasteiger partial charge on any atom is 0.329 e. The Labute approximate surface area is 132 Å². The van der Waals surface area contributed by atoms with Crippen LogP contribution in [-0.4, -0.2) is 16.6 Å². The predicted molar refractivity (Wildman–Crippen MR) is 86.6 cm³/mol. The van der Waals surface area contributed by atoms with Gasteiger partial charge in [-0.15, -0.1) is 0 Å². The van der Waals surface area contributed by atoms with E-state index in [4.69, 9.17) is 4.74 Å². The SMILES string of the molecule is CC1CCC(C(C)C)C(OC(=O)C(C)n2ccccc2=O)C1. The highest BCUT2D eigenvalue weighted by atomic mass is 16.5. The van der Waals surface area contributed by atoms with Gasteiger partial charge in [-0.3, -0.25) is 4.79 Å². The Kier molecular flexibility index (Phi) is 5.43. The summed E-state index contributed by atoms with van der Waals surface area (Å²) in [7, 11) is 0. The standard InChI is InChI=1S/C18H27NO3/c1-12(2)15-9-8-13(3)11-16(15)22-18(21)14(4)19-10-6-5-7-17(19)20/h5-7,10,12-16H,8-9,11H2,1-4H3. The molecule has 2 rings (SSSR count). The van der Waals surface area contributed by atoms with Crippen LogP contribution >= 0.6 is 0 Å². The van der Waals surface area contributed by atoms with Crippen molar-refractivity contribution in [2.24, 2.45) is 17.8 Å². The number of esters is 1. The summed E-state index contributed by atoms with van der Waals surface area (Å²) in [5, 5.41) is 0. The molecule has 1 saturated carbocycles. The molecule has 1 aromatic rings. The molecular formula is C18H27NO3. The third-order valence-electron chi connectivity index (χ3n) is 4.84. The number of pyridine rings is 1. The smallest absolute Gasteiger partial charge is 0.329 e. The van der Waals surface area contributed by atoms with Gasteiger partial charge in [-0.2, -0.15) is 0 Å². The van der Waals surface area contributed by atoms with Crippen molar-refractivity contribution in [2.75, 3.05) is 0 Å². The summed E-state index contributed by atoms with van der Waals surface area (Å²) in [6.45, 7) is 8.31. The molecule has 0 saturated heterocycles. The summed E-state index contributed by atoms with van der Waals surface area (Å²) >= 11 is 0. The van der Waals surface area contributed by atoms with E-state index in [2.05, 4.69) is 20.8 Å². The van der Waals surface area contributed by atoms with E-state index in [9.17, 15) is 9.59 Å². The van der Waals surface area contributed by atoms with Crippen LogP contribution in [0.15, 0.2) is 29.2 Å². The number of nitrogens with zero attached hydrogens (tertiary/aromatic N) is 1. The maximum atomic E-state index is 12.5. The van der Waals surface area contributed by atoms with Crippen molar-refractivity contribution in [3.05, 3.63) is 34.7 Å². The van der Waals surface area contributed by atoms with Gasteiger partial charge in [0.2, 0.25) is 0 Å². The Morgan fingerprint density at radius 2 is 2.00 bits per heavy atom. The van der Waals surface area contributed by atoms with Gasteiger partial charge >= 0.3 is 5.97 Å². The van der Waals surface area contributed by atoms with Crippen molar-refractivity contribution in [3.8, 4) is 0 Å². The topological polar surface area (TPSA) is 48.3 Å². The quantitative estimate of drug-likeness (QED) is 0.801. The summed E-state index contributed by atoms with van der Waals surface area (Å²) < 4.78 is 7.24. The number of ether oxygens (including phenoxy) is 1. The van der Waals surface area contributed by atoms with Crippen LogP contribution in [0.2, 0.25) is 0 Å². The van der Waals surface area contributed by atoms with E-state index in [1.54, 1.807) is 25.3 Å². The van der Waals surface area contributed by atoms with Crippen molar-refractivity contribution >= 4 is 5.97 Å². The molecule has 1 aliphatic carbocycles. The van der Waals surface area contributed by atoms with Crippen LogP contribution in [0.25, 0.3) is 0 Å². The largest absolute Gasteiger partial charge is 0.461 e. The number of carbonyl (C=O) groups excluding carboxylic acids is 1. The molecule has 4 unspecified atom stereocenters. The predicted octanol–water partition coefficient (Wildman–Crippen LogP) is 3.41. The second-order valence-corrected chi connectivity index (χ2v) is 6.92. The van der Waals surface area contributed by atoms with E-state index in [1.165, 1.54) is 17.1 Å². The number of carbonyl (C=O) groups is 1. The lowest BCUT2D eigenvalue weighted by Gasteiger charge is -2.37. The molecule has 0 aromatic carbocycles. The third-order valence-corrected chi connectivity index (χ3v) is 4.84. The highest BCUT2D eigenvalue weighted by Crippen LogP contribution is 2.35. The minimum absolute atomic E-state index is 0.0295. The zero-order valence-electron chi connectivity index (χ0n) is 14.0. The highest BCUT2D eigenvalue weighted by molar-refractivity contribution is 5.74. The molecule has 122 valence electrons. The summed E-state index contributed by atoms with van der Waals surface area (Å²) in [5.41, 5.74) is -0.177. The lowest BCUT2D eigenvalue weighted by atomic mass is 9.75. The lowest BCUT2D eigenvalue weighted by molar-refractivity contribution is -0.159. The molecule has 1 heterocycles. The van der Waals surface area contributed by atoms with Crippen LogP contribution in [0.4, 0.5) is 0 Å². The van der Waals surface area contributed by atoms with Gasteiger partial charge in [0.1, 0.15) is 12.1 Å². The first-order valence-corrected chi connectivity index (χ1v) is 8.27. The molecule has 0 amide bonds. The van der Waals surface area contributed by atoms with E-state index in [-0.39, 0.29) is 17.6 Å². The van der Waals surface area contributed by atoms with E-state index in [1.807, 2.05) is 0 Å². The molecule has 4 nitrogen and oxygen atoms in total. The van der Waals surface area contributed by atoms with Crippen molar-refractivity contribution in [3.63, 3.8) is 0 Å². The fraction of sp³-hybridized carbons (Fsp3) is 0.667. The second-order valence-electron chi connectivity index (χ2n) is 6.92. The van der Waals surface area contributed by atoms with Crippen LogP contribution in [0.5, 0.6) is 0 Å². The first-order chi connectivity index (χ1) is 10.4. The van der Waals surface area contributed by atoms with Gasteiger partial charge in [0.05, 0.1) is 0 Å². The highest BCUT2D eigenvalue weighted by Gasteiger charge is 2.34. The van der Waals surface area contributed by atoms with E-state index >= 15 is 0 Å². The molecule has 1 aliphatic rings. The zero-order chi connectivity index (χ0) is 16.3. The Hall–Kier alpha value is -1.58. The monoisotopic (exact) mass is 305 g/mol. The molecular weight excluding hydrogens is 278 g/mol. The fourth-order valence-electron chi connectivity index (χ4n) is 3.37. The van der Waals surface area contributed by atoms with Gasteiger partial charge in [-0.05, 0) is 43.6 Å². The first-order valence-electron chi connectivity index (χ1n) is 8.27. The Balaban J connectivity index is 2.09. The average Bonchev–Trinajstić information content (AvgIpc) is 2.46. The van der Waals surface area contributed by atoms with Crippen LogP contribution < -0.4 is 5.56 Å². The third kappa shape index (κ3) is 3.79. The minimum Gasteiger partial charge on any atom is -0.461 e. The van der Waals surface area contributed by atoms with Crippen molar-refractivity contribution in [1.29, 1.82) is 0 Å². The first kappa shape index (κ1) is 16.8. The number of hydrogen-bond acceptors (Lipinski definition) is 3. The molecule has 0 N–H and O–H groups in total. The Morgan fingerprint density at radius 1 is 1.27 bits per heavy atom. The van der Waals surface area contributed by atoms with Crippen LogP contribution in [0.3, 0.4) is 0 Å². The summed E-state index contributed by atoms with van der Waals surface area (Å²) in [6.07, 6.45) is 4.84. The molecule has 22 heavy (non-hydrogen) atoms. The van der Waals surface area contributed by atoms with Crippen molar-refractivity contribution < 1.29 is 9.53 Å². The number of rotatable bonds is 4. The molecule has 4 atom stereocenters. The van der Waals surface area contributed by atoms with Gasteiger partial charge < -0.3 is 9.30 Å². The molecule has 1 aromatic heterocycles. The van der Waals surface area contributed by atoms with Gasteiger partial charge in [0.25, 0.3) is 5.56 Å². The summed E-state index contributed by atoms with van der Waals surface area (Å²) in [5.74, 6) is 1.19. The second kappa shape index (κ2) is 7.12. The molecule has 1 fully saturated rings. The molecule has 0 spiro atoms. The van der Waals surface area contributed by atoms with Gasteiger partial charge in [-0.1, -0.05) is 33.3 Å². The number of hydrogen-bond donors (Lipinski definition) is 0. The normalized spacial score (nSPS) is 26.7.